The van der Waals surface area contributed by atoms with E-state index in [0.29, 0.717) is 17.5 Å². The highest BCUT2D eigenvalue weighted by Gasteiger charge is 2.20. The molecule has 0 bridgehead atoms. The van der Waals surface area contributed by atoms with Crippen LogP contribution in [0.25, 0.3) is 105 Å². The molecule has 0 N–H and O–H groups in total. The molecule has 3 aromatic heterocycles. The Morgan fingerprint density at radius 3 is 1.72 bits per heavy atom. The second kappa shape index (κ2) is 14.5. The fraction of sp³-hybridized carbons (Fsp3) is 0.0192. The average molecular weight is 749 g/mol. The number of fused-ring (bicyclic) bond motifs is 5. The van der Waals surface area contributed by atoms with Crippen molar-refractivity contribution >= 4 is 54.6 Å². The Morgan fingerprint density at radius 1 is 0.509 bits per heavy atom. The summed E-state index contributed by atoms with van der Waals surface area (Å²) >= 11 is 1.85. The number of rotatable bonds is 7. The van der Waals surface area contributed by atoms with Gasteiger partial charge in [0.25, 0.3) is 0 Å². The molecule has 270 valence electrons. The lowest BCUT2D eigenvalue weighted by molar-refractivity contribution is 1.07. The van der Waals surface area contributed by atoms with Crippen LogP contribution in [-0.4, -0.2) is 19.5 Å². The highest BCUT2D eigenvalue weighted by atomic mass is 32.1. The average Bonchev–Trinajstić information content (AvgIpc) is 3.82. The molecule has 0 aliphatic rings. The van der Waals surface area contributed by atoms with Gasteiger partial charge in [0, 0.05) is 53.8 Å². The van der Waals surface area contributed by atoms with Crippen molar-refractivity contribution in [3.63, 3.8) is 0 Å². The smallest absolute Gasteiger partial charge is 0.164 e. The van der Waals surface area contributed by atoms with Gasteiger partial charge in [-0.1, -0.05) is 164 Å². The topological polar surface area (TPSA) is 43.6 Å². The third-order valence-electron chi connectivity index (χ3n) is 10.6. The van der Waals surface area contributed by atoms with Crippen molar-refractivity contribution in [2.24, 2.45) is 0 Å². The molecule has 10 aromatic rings. The number of aromatic nitrogens is 4. The number of nitrogens with zero attached hydrogens (tertiary/aromatic N) is 4. The molecule has 0 aliphatic carbocycles. The lowest BCUT2D eigenvalue weighted by Gasteiger charge is -2.14. The first-order valence-electron chi connectivity index (χ1n) is 19.1. The molecule has 10 rings (SSSR count). The Morgan fingerprint density at radius 2 is 1.09 bits per heavy atom. The van der Waals surface area contributed by atoms with Gasteiger partial charge in [-0.05, 0) is 59.5 Å². The number of benzene rings is 7. The van der Waals surface area contributed by atoms with E-state index in [1.165, 1.54) is 36.3 Å². The maximum absolute atomic E-state index is 5.19. The molecule has 7 aromatic carbocycles. The third-order valence-corrected chi connectivity index (χ3v) is 11.8. The van der Waals surface area contributed by atoms with E-state index in [9.17, 15) is 0 Å². The lowest BCUT2D eigenvalue weighted by atomic mass is 9.93. The summed E-state index contributed by atoms with van der Waals surface area (Å²) in [5.74, 6) is 1.90. The first kappa shape index (κ1) is 34.3. The van der Waals surface area contributed by atoms with Gasteiger partial charge in [-0.3, -0.25) is 0 Å². The second-order valence-corrected chi connectivity index (χ2v) is 15.0. The molecule has 0 saturated carbocycles. The largest absolute Gasteiger partial charge is 0.308 e. The zero-order valence-electron chi connectivity index (χ0n) is 31.3. The molecule has 3 heterocycles. The highest BCUT2D eigenvalue weighted by molar-refractivity contribution is 7.26. The summed E-state index contributed by atoms with van der Waals surface area (Å²) in [6, 6.07) is 59.5. The molecule has 0 atom stereocenters. The van der Waals surface area contributed by atoms with E-state index >= 15 is 0 Å². The van der Waals surface area contributed by atoms with Crippen molar-refractivity contribution in [2.75, 3.05) is 0 Å². The fourth-order valence-corrected chi connectivity index (χ4v) is 9.18. The molecular formula is C52H36N4S. The fourth-order valence-electron chi connectivity index (χ4n) is 7.95. The van der Waals surface area contributed by atoms with Gasteiger partial charge in [-0.2, -0.15) is 0 Å². The van der Waals surface area contributed by atoms with Crippen LogP contribution < -0.4 is 10.6 Å². The predicted octanol–water partition coefficient (Wildman–Crippen LogP) is 12.3. The molecule has 0 radical (unpaired) electrons. The van der Waals surface area contributed by atoms with Crippen molar-refractivity contribution in [3.05, 3.63) is 193 Å². The number of hydrogen-bond donors (Lipinski definition) is 0. The zero-order valence-corrected chi connectivity index (χ0v) is 32.1. The first-order chi connectivity index (χ1) is 28.2. The normalized spacial score (nSPS) is 12.2. The van der Waals surface area contributed by atoms with Gasteiger partial charge in [0.2, 0.25) is 0 Å². The Hall–Kier alpha value is -7.21. The molecule has 0 fully saturated rings. The van der Waals surface area contributed by atoms with E-state index in [1.807, 2.05) is 59.9 Å². The van der Waals surface area contributed by atoms with E-state index < -0.39 is 0 Å². The molecule has 0 saturated heterocycles. The monoisotopic (exact) mass is 748 g/mol. The van der Waals surface area contributed by atoms with Gasteiger partial charge in [0.1, 0.15) is 0 Å². The Labute approximate surface area is 334 Å². The molecule has 0 amide bonds. The maximum Gasteiger partial charge on any atom is 0.164 e. The van der Waals surface area contributed by atoms with Crippen LogP contribution in [0.2, 0.25) is 0 Å². The minimum absolute atomic E-state index is 0.627. The maximum atomic E-state index is 5.19. The zero-order chi connectivity index (χ0) is 38.3. The summed E-state index contributed by atoms with van der Waals surface area (Å²) in [6.45, 7) is 6.17. The molecular weight excluding hydrogens is 713 g/mol. The van der Waals surface area contributed by atoms with Gasteiger partial charge < -0.3 is 4.57 Å². The molecule has 5 heteroatoms. The summed E-state index contributed by atoms with van der Waals surface area (Å²) in [5, 5.41) is 5.99. The molecule has 57 heavy (non-hydrogen) atoms. The summed E-state index contributed by atoms with van der Waals surface area (Å²) in [7, 11) is 0. The van der Waals surface area contributed by atoms with Gasteiger partial charge in [-0.15, -0.1) is 11.3 Å². The van der Waals surface area contributed by atoms with Crippen molar-refractivity contribution in [1.82, 2.24) is 19.5 Å². The van der Waals surface area contributed by atoms with Crippen molar-refractivity contribution in [3.8, 4) is 62.1 Å². The molecule has 4 nitrogen and oxygen atoms in total. The number of thiophene rings is 1. The van der Waals surface area contributed by atoms with Crippen LogP contribution in [-0.2, 0) is 0 Å². The third kappa shape index (κ3) is 6.06. The number of para-hydroxylation sites is 1. The predicted molar refractivity (Wildman–Crippen MR) is 241 cm³/mol. The van der Waals surface area contributed by atoms with Gasteiger partial charge in [0.15, 0.2) is 17.5 Å². The van der Waals surface area contributed by atoms with Crippen LogP contribution in [0.4, 0.5) is 0 Å². The minimum atomic E-state index is 0.627. The van der Waals surface area contributed by atoms with Crippen molar-refractivity contribution in [2.45, 2.75) is 6.92 Å². The van der Waals surface area contributed by atoms with E-state index in [4.69, 9.17) is 15.0 Å². The van der Waals surface area contributed by atoms with Crippen LogP contribution in [0.5, 0.6) is 0 Å². The summed E-state index contributed by atoms with van der Waals surface area (Å²) < 4.78 is 4.89. The Balaban J connectivity index is 1.23. The van der Waals surface area contributed by atoms with Crippen LogP contribution in [0.3, 0.4) is 0 Å². The van der Waals surface area contributed by atoms with Gasteiger partial charge in [-0.25, -0.2) is 15.0 Å². The van der Waals surface area contributed by atoms with Gasteiger partial charge >= 0.3 is 0 Å². The van der Waals surface area contributed by atoms with E-state index in [0.717, 1.165) is 50.0 Å². The Bertz CT molecular complexity index is 3180. The first-order valence-corrected chi connectivity index (χ1v) is 19.9. The van der Waals surface area contributed by atoms with Crippen LogP contribution in [0.15, 0.2) is 183 Å². The number of allylic oxidation sites excluding steroid dienone is 1. The van der Waals surface area contributed by atoms with Crippen molar-refractivity contribution < 1.29 is 0 Å². The quantitative estimate of drug-likeness (QED) is 0.163. The lowest BCUT2D eigenvalue weighted by Crippen LogP contribution is -2.27. The van der Waals surface area contributed by atoms with Gasteiger partial charge in [0.05, 0.1) is 10.2 Å². The summed E-state index contributed by atoms with van der Waals surface area (Å²) in [4.78, 5) is 15.4. The highest BCUT2D eigenvalue weighted by Crippen LogP contribution is 2.42. The SMILES string of the molecule is C=C/C=c1\c(=C/C)n(-c2ccccc2)c2c1ccc1c3cc(-c4ccc(-c5ccccc5)cc4-c4nc(-c5ccccc5)nc(-c5ccccc5)n4)ccc3sc12. The van der Waals surface area contributed by atoms with Crippen LogP contribution >= 0.6 is 11.3 Å². The van der Waals surface area contributed by atoms with Crippen LogP contribution in [0.1, 0.15) is 6.92 Å². The summed E-state index contributed by atoms with van der Waals surface area (Å²) in [5.41, 5.74) is 9.55. The van der Waals surface area contributed by atoms with E-state index in [2.05, 4.69) is 158 Å². The van der Waals surface area contributed by atoms with E-state index in [1.54, 1.807) is 0 Å². The summed E-state index contributed by atoms with van der Waals surface area (Å²) in [6.07, 6.45) is 6.22. The molecule has 0 aliphatic heterocycles. The van der Waals surface area contributed by atoms with E-state index in [-0.39, 0.29) is 0 Å². The van der Waals surface area contributed by atoms with Crippen LogP contribution in [0, 0.1) is 0 Å². The van der Waals surface area contributed by atoms with Crippen molar-refractivity contribution in [1.29, 1.82) is 0 Å². The molecule has 0 unspecified atom stereocenters. The standard InChI is InChI=1S/C52H36N4S/c1-3-17-41-42-29-30-43-44-33-38(27-31-47(44)57-49(43)48(42)56(46(41)4-2)39-24-15-8-16-25-39)40-28-26-37(34-18-9-5-10-19-34)32-45(40)52-54-50(35-20-11-6-12-21-35)53-51(55-52)36-22-13-7-14-23-36/h3-33H,1H2,2H3/b41-17-,46-4+. The number of hydrogen-bond acceptors (Lipinski definition) is 4. The molecule has 0 spiro atoms. The minimum Gasteiger partial charge on any atom is -0.308 e. The Kier molecular flexibility index (Phi) is 8.70. The second-order valence-electron chi connectivity index (χ2n) is 14.0.